The average Bonchev–Trinajstić information content (AvgIpc) is 2.48. The van der Waals surface area contributed by atoms with Crippen LogP contribution < -0.4 is 0 Å². The van der Waals surface area contributed by atoms with Gasteiger partial charge in [-0.05, 0) is 24.5 Å². The molecule has 0 radical (unpaired) electrons. The van der Waals surface area contributed by atoms with Gasteiger partial charge in [-0.3, -0.25) is 0 Å². The molecule has 0 aromatic heterocycles. The van der Waals surface area contributed by atoms with Crippen molar-refractivity contribution in [3.05, 3.63) is 29.3 Å². The van der Waals surface area contributed by atoms with Crippen molar-refractivity contribution >= 4 is 0 Å². The summed E-state index contributed by atoms with van der Waals surface area (Å²) in [7, 11) is 0. The predicted molar refractivity (Wildman–Crippen MR) is 96.4 cm³/mol. The molecule has 1 rings (SSSR count). The minimum atomic E-state index is -2.44. The Bertz CT molecular complexity index is 506. The Morgan fingerprint density at radius 2 is 1.44 bits per heavy atom. The Morgan fingerprint density at radius 1 is 0.880 bits per heavy atom. The molecule has 0 amide bonds. The van der Waals surface area contributed by atoms with Crippen molar-refractivity contribution < 1.29 is 25.5 Å². The van der Waals surface area contributed by atoms with Crippen molar-refractivity contribution in [1.82, 2.24) is 4.90 Å². The smallest absolute Gasteiger partial charge is 0.226 e. The molecule has 0 aliphatic heterocycles. The Labute approximate surface area is 150 Å². The number of aliphatic hydroxyl groups is 4. The average molecular weight is 355 g/mol. The summed E-state index contributed by atoms with van der Waals surface area (Å²) in [6.45, 7) is 4.04. The molecule has 0 bridgehead atoms. The standard InChI is InChI=1S/C19H33NO5/c1-4-5-6-7-8-9-10-15-11-12-17(21)16(13-15)14-20(18(2,22)23)19(3,24)25/h11-13,21-25H,4-10,14H2,1-3H3. The van der Waals surface area contributed by atoms with Crippen LogP contribution in [0.4, 0.5) is 0 Å². The molecule has 0 spiro atoms. The van der Waals surface area contributed by atoms with Crippen LogP contribution in [0.3, 0.4) is 0 Å². The number of unbranched alkanes of at least 4 members (excludes halogenated alkanes) is 5. The number of rotatable bonds is 11. The van der Waals surface area contributed by atoms with Gasteiger partial charge in [0.25, 0.3) is 0 Å². The number of benzene rings is 1. The zero-order valence-corrected chi connectivity index (χ0v) is 15.6. The summed E-state index contributed by atoms with van der Waals surface area (Å²) in [6.07, 6.45) is 8.02. The lowest BCUT2D eigenvalue weighted by atomic mass is 10.0. The van der Waals surface area contributed by atoms with Gasteiger partial charge >= 0.3 is 0 Å². The summed E-state index contributed by atoms with van der Waals surface area (Å²) >= 11 is 0. The SMILES string of the molecule is CCCCCCCCc1ccc(O)c(CN(C(C)(O)O)C(C)(O)O)c1. The van der Waals surface area contributed by atoms with Gasteiger partial charge in [0, 0.05) is 26.0 Å². The fourth-order valence-corrected chi connectivity index (χ4v) is 2.90. The highest BCUT2D eigenvalue weighted by Gasteiger charge is 2.39. The Balaban J connectivity index is 2.74. The Morgan fingerprint density at radius 3 is 2.00 bits per heavy atom. The quantitative estimate of drug-likeness (QED) is 0.308. The molecule has 25 heavy (non-hydrogen) atoms. The van der Waals surface area contributed by atoms with Gasteiger partial charge in [0.2, 0.25) is 11.8 Å². The van der Waals surface area contributed by atoms with E-state index in [9.17, 15) is 25.5 Å². The molecule has 0 heterocycles. The maximum atomic E-state index is 10.0. The van der Waals surface area contributed by atoms with Gasteiger partial charge in [-0.15, -0.1) is 0 Å². The second-order valence-corrected chi connectivity index (χ2v) is 7.01. The third-order valence-corrected chi connectivity index (χ3v) is 4.31. The molecule has 0 aliphatic rings. The minimum Gasteiger partial charge on any atom is -0.508 e. The maximum absolute atomic E-state index is 10.0. The lowest BCUT2D eigenvalue weighted by Crippen LogP contribution is -2.57. The molecule has 5 N–H and O–H groups in total. The van der Waals surface area contributed by atoms with Crippen molar-refractivity contribution in [3.63, 3.8) is 0 Å². The zero-order chi connectivity index (χ0) is 19.1. The van der Waals surface area contributed by atoms with Gasteiger partial charge in [-0.25, -0.2) is 0 Å². The number of phenolic OH excluding ortho intramolecular Hbond substituents is 1. The van der Waals surface area contributed by atoms with Crippen LogP contribution in [0.2, 0.25) is 0 Å². The molecule has 0 saturated carbocycles. The summed E-state index contributed by atoms with van der Waals surface area (Å²) < 4.78 is 0. The molecule has 0 atom stereocenters. The summed E-state index contributed by atoms with van der Waals surface area (Å²) in [5, 5.41) is 49.1. The van der Waals surface area contributed by atoms with E-state index in [1.807, 2.05) is 6.07 Å². The number of hydrogen-bond acceptors (Lipinski definition) is 6. The van der Waals surface area contributed by atoms with Crippen LogP contribution in [0, 0.1) is 0 Å². The highest BCUT2D eigenvalue weighted by Crippen LogP contribution is 2.27. The van der Waals surface area contributed by atoms with Crippen LogP contribution in [0.25, 0.3) is 0 Å². The number of hydrogen-bond donors (Lipinski definition) is 5. The number of aromatic hydroxyl groups is 1. The van der Waals surface area contributed by atoms with E-state index in [0.29, 0.717) is 10.5 Å². The molecule has 0 unspecified atom stereocenters. The monoisotopic (exact) mass is 355 g/mol. The molecule has 1 aromatic carbocycles. The summed E-state index contributed by atoms with van der Waals surface area (Å²) in [4.78, 5) is 0.684. The van der Waals surface area contributed by atoms with E-state index >= 15 is 0 Å². The van der Waals surface area contributed by atoms with E-state index in [4.69, 9.17) is 0 Å². The van der Waals surface area contributed by atoms with Crippen molar-refractivity contribution in [2.45, 2.75) is 84.1 Å². The molecule has 0 aliphatic carbocycles. The molecule has 6 nitrogen and oxygen atoms in total. The Hall–Kier alpha value is -1.18. The van der Waals surface area contributed by atoms with Gasteiger partial charge in [-0.2, -0.15) is 4.90 Å². The first kappa shape index (κ1) is 21.9. The highest BCUT2D eigenvalue weighted by atomic mass is 16.6. The molecule has 0 saturated heterocycles. The van der Waals surface area contributed by atoms with Crippen LogP contribution in [0.5, 0.6) is 5.75 Å². The van der Waals surface area contributed by atoms with E-state index in [-0.39, 0.29) is 12.3 Å². The van der Waals surface area contributed by atoms with Crippen molar-refractivity contribution in [2.75, 3.05) is 0 Å². The zero-order valence-electron chi connectivity index (χ0n) is 15.6. The summed E-state index contributed by atoms with van der Waals surface area (Å²) in [5.41, 5.74) is 1.44. The van der Waals surface area contributed by atoms with Gasteiger partial charge in [0.05, 0.1) is 0 Å². The van der Waals surface area contributed by atoms with E-state index in [1.54, 1.807) is 12.1 Å². The van der Waals surface area contributed by atoms with Gasteiger partial charge in [-0.1, -0.05) is 51.2 Å². The molecule has 0 fully saturated rings. The third-order valence-electron chi connectivity index (χ3n) is 4.31. The van der Waals surface area contributed by atoms with E-state index in [0.717, 1.165) is 38.7 Å². The van der Waals surface area contributed by atoms with Gasteiger partial charge in [0.15, 0.2) is 0 Å². The first-order valence-corrected chi connectivity index (χ1v) is 9.03. The molecule has 144 valence electrons. The third kappa shape index (κ3) is 7.71. The van der Waals surface area contributed by atoms with Crippen molar-refractivity contribution in [1.29, 1.82) is 0 Å². The van der Waals surface area contributed by atoms with E-state index in [1.165, 1.54) is 25.7 Å². The number of aryl methyl sites for hydroxylation is 1. The largest absolute Gasteiger partial charge is 0.508 e. The van der Waals surface area contributed by atoms with Crippen LogP contribution in [0.1, 0.15) is 70.4 Å². The number of phenols is 1. The first-order chi connectivity index (χ1) is 11.6. The van der Waals surface area contributed by atoms with Crippen molar-refractivity contribution in [3.8, 4) is 5.75 Å². The molecule has 1 aromatic rings. The van der Waals surface area contributed by atoms with Crippen LogP contribution in [-0.2, 0) is 13.0 Å². The van der Waals surface area contributed by atoms with Crippen LogP contribution in [0.15, 0.2) is 18.2 Å². The molecular formula is C19H33NO5. The van der Waals surface area contributed by atoms with E-state index < -0.39 is 11.8 Å². The van der Waals surface area contributed by atoms with Crippen LogP contribution in [-0.4, -0.2) is 42.3 Å². The fraction of sp³-hybridized carbons (Fsp3) is 0.684. The molecular weight excluding hydrogens is 322 g/mol. The lowest BCUT2D eigenvalue weighted by Gasteiger charge is -2.39. The second-order valence-electron chi connectivity index (χ2n) is 7.01. The van der Waals surface area contributed by atoms with Crippen LogP contribution >= 0.6 is 0 Å². The lowest BCUT2D eigenvalue weighted by molar-refractivity contribution is -0.374. The first-order valence-electron chi connectivity index (χ1n) is 9.03. The fourth-order valence-electron chi connectivity index (χ4n) is 2.90. The minimum absolute atomic E-state index is 0.0230. The van der Waals surface area contributed by atoms with Crippen molar-refractivity contribution in [2.24, 2.45) is 0 Å². The second kappa shape index (κ2) is 9.50. The maximum Gasteiger partial charge on any atom is 0.226 e. The summed E-state index contributed by atoms with van der Waals surface area (Å²) in [5.74, 6) is -4.91. The summed E-state index contributed by atoms with van der Waals surface area (Å²) in [6, 6.07) is 5.16. The normalized spacial score (nSPS) is 12.8. The predicted octanol–water partition coefficient (Wildman–Crippen LogP) is 2.41. The Kier molecular flexibility index (Phi) is 8.31. The highest BCUT2D eigenvalue weighted by molar-refractivity contribution is 5.36. The molecule has 6 heteroatoms. The van der Waals surface area contributed by atoms with E-state index in [2.05, 4.69) is 6.92 Å². The van der Waals surface area contributed by atoms with Gasteiger partial charge in [0.1, 0.15) is 5.75 Å². The topological polar surface area (TPSA) is 104 Å². The van der Waals surface area contributed by atoms with Gasteiger partial charge < -0.3 is 25.5 Å². The number of nitrogens with zero attached hydrogens (tertiary/aromatic N) is 1.